The topological polar surface area (TPSA) is 64.9 Å². The normalized spacial score (nSPS) is 11.5. The number of hydrogen-bond acceptors (Lipinski definition) is 3. The molecule has 4 nitrogen and oxygen atoms in total. The predicted octanol–water partition coefficient (Wildman–Crippen LogP) is 3.04. The number of carbonyl (C=O) groups excluding carboxylic acids is 1. The third kappa shape index (κ3) is 5.31. The zero-order valence-corrected chi connectivity index (χ0v) is 12.8. The number of rotatable bonds is 6. The van der Waals surface area contributed by atoms with E-state index in [4.69, 9.17) is 5.26 Å². The molecule has 0 aromatic heterocycles. The third-order valence-corrected chi connectivity index (χ3v) is 3.16. The number of nitrogens with zero attached hydrogens (tertiary/aromatic N) is 1. The van der Waals surface area contributed by atoms with E-state index in [9.17, 15) is 4.79 Å². The van der Waals surface area contributed by atoms with Gasteiger partial charge in [-0.1, -0.05) is 29.3 Å². The summed E-state index contributed by atoms with van der Waals surface area (Å²) < 4.78 is 0.843. The Morgan fingerprint density at radius 1 is 1.53 bits per heavy atom. The SMILES string of the molecule is CCCC(C)NC(=O)CNc1ccc(Br)cc1C#N. The first-order valence-electron chi connectivity index (χ1n) is 6.29. The smallest absolute Gasteiger partial charge is 0.239 e. The first-order chi connectivity index (χ1) is 9.06. The highest BCUT2D eigenvalue weighted by Crippen LogP contribution is 2.19. The Balaban J connectivity index is 2.53. The van der Waals surface area contributed by atoms with Gasteiger partial charge in [0, 0.05) is 10.5 Å². The monoisotopic (exact) mass is 323 g/mol. The maximum atomic E-state index is 11.7. The van der Waals surface area contributed by atoms with Crippen molar-refractivity contribution in [1.29, 1.82) is 5.26 Å². The summed E-state index contributed by atoms with van der Waals surface area (Å²) in [6.07, 6.45) is 2.01. The van der Waals surface area contributed by atoms with Crippen molar-refractivity contribution in [2.24, 2.45) is 0 Å². The minimum atomic E-state index is -0.0623. The zero-order valence-electron chi connectivity index (χ0n) is 11.2. The molecule has 1 aromatic rings. The van der Waals surface area contributed by atoms with E-state index < -0.39 is 0 Å². The summed E-state index contributed by atoms with van der Waals surface area (Å²) in [5.74, 6) is -0.0623. The third-order valence-electron chi connectivity index (χ3n) is 2.67. The van der Waals surface area contributed by atoms with Gasteiger partial charge in [0.1, 0.15) is 6.07 Å². The quantitative estimate of drug-likeness (QED) is 0.845. The van der Waals surface area contributed by atoms with Crippen LogP contribution in [0.25, 0.3) is 0 Å². The molecule has 0 fully saturated rings. The summed E-state index contributed by atoms with van der Waals surface area (Å²) in [5, 5.41) is 14.9. The van der Waals surface area contributed by atoms with Crippen molar-refractivity contribution in [3.05, 3.63) is 28.2 Å². The molecule has 0 saturated carbocycles. The Bertz CT molecular complexity index is 482. The second-order valence-electron chi connectivity index (χ2n) is 4.41. The highest BCUT2D eigenvalue weighted by molar-refractivity contribution is 9.10. The summed E-state index contributed by atoms with van der Waals surface area (Å²) in [6.45, 7) is 4.24. The molecule has 0 spiro atoms. The van der Waals surface area contributed by atoms with Crippen LogP contribution < -0.4 is 10.6 Å². The lowest BCUT2D eigenvalue weighted by Gasteiger charge is -2.14. The fourth-order valence-electron chi connectivity index (χ4n) is 1.77. The maximum absolute atomic E-state index is 11.7. The van der Waals surface area contributed by atoms with Crippen LogP contribution in [0.15, 0.2) is 22.7 Å². The number of halogens is 1. The molecule has 0 saturated heterocycles. The molecule has 0 radical (unpaired) electrons. The number of carbonyl (C=O) groups is 1. The van der Waals surface area contributed by atoms with Gasteiger partial charge in [-0.2, -0.15) is 5.26 Å². The molecule has 1 amide bonds. The number of benzene rings is 1. The van der Waals surface area contributed by atoms with Crippen molar-refractivity contribution < 1.29 is 4.79 Å². The molecule has 5 heteroatoms. The van der Waals surface area contributed by atoms with Crippen molar-refractivity contribution in [2.75, 3.05) is 11.9 Å². The lowest BCUT2D eigenvalue weighted by molar-refractivity contribution is -0.120. The zero-order chi connectivity index (χ0) is 14.3. The van der Waals surface area contributed by atoms with Gasteiger partial charge in [-0.05, 0) is 31.5 Å². The van der Waals surface area contributed by atoms with Gasteiger partial charge in [-0.3, -0.25) is 4.79 Å². The Labute approximate surface area is 122 Å². The van der Waals surface area contributed by atoms with Crippen LogP contribution in [0.2, 0.25) is 0 Å². The highest BCUT2D eigenvalue weighted by atomic mass is 79.9. The van der Waals surface area contributed by atoms with Crippen LogP contribution in [-0.2, 0) is 4.79 Å². The van der Waals surface area contributed by atoms with E-state index in [2.05, 4.69) is 39.6 Å². The molecule has 19 heavy (non-hydrogen) atoms. The molecular formula is C14H18BrN3O. The summed E-state index contributed by atoms with van der Waals surface area (Å²) in [4.78, 5) is 11.7. The molecule has 1 unspecified atom stereocenters. The van der Waals surface area contributed by atoms with Crippen molar-refractivity contribution in [1.82, 2.24) is 5.32 Å². The number of nitrogens with one attached hydrogen (secondary N) is 2. The van der Waals surface area contributed by atoms with E-state index in [1.807, 2.05) is 13.0 Å². The number of amides is 1. The molecule has 1 atom stereocenters. The first kappa shape index (κ1) is 15.5. The van der Waals surface area contributed by atoms with Crippen LogP contribution in [-0.4, -0.2) is 18.5 Å². The van der Waals surface area contributed by atoms with Gasteiger partial charge in [0.25, 0.3) is 0 Å². The number of hydrogen-bond donors (Lipinski definition) is 2. The summed E-state index contributed by atoms with van der Waals surface area (Å²) in [5.41, 5.74) is 1.19. The van der Waals surface area contributed by atoms with E-state index >= 15 is 0 Å². The molecule has 0 aliphatic heterocycles. The van der Waals surface area contributed by atoms with E-state index in [-0.39, 0.29) is 18.5 Å². The van der Waals surface area contributed by atoms with Gasteiger partial charge < -0.3 is 10.6 Å². The second-order valence-corrected chi connectivity index (χ2v) is 5.33. The van der Waals surface area contributed by atoms with Crippen LogP contribution in [0.5, 0.6) is 0 Å². The fraction of sp³-hybridized carbons (Fsp3) is 0.429. The summed E-state index contributed by atoms with van der Waals surface area (Å²) >= 11 is 3.31. The van der Waals surface area contributed by atoms with Crippen molar-refractivity contribution in [3.63, 3.8) is 0 Å². The summed E-state index contributed by atoms with van der Waals surface area (Å²) in [6, 6.07) is 7.62. The Hall–Kier alpha value is -1.54. The largest absolute Gasteiger partial charge is 0.375 e. The molecular weight excluding hydrogens is 306 g/mol. The van der Waals surface area contributed by atoms with Gasteiger partial charge in [0.15, 0.2) is 0 Å². The van der Waals surface area contributed by atoms with Crippen LogP contribution in [0.1, 0.15) is 32.3 Å². The van der Waals surface area contributed by atoms with E-state index in [0.29, 0.717) is 11.3 Å². The van der Waals surface area contributed by atoms with E-state index in [1.54, 1.807) is 12.1 Å². The molecule has 1 aromatic carbocycles. The van der Waals surface area contributed by atoms with E-state index in [0.717, 1.165) is 17.3 Å². The molecule has 102 valence electrons. The maximum Gasteiger partial charge on any atom is 0.239 e. The van der Waals surface area contributed by atoms with Gasteiger partial charge in [-0.25, -0.2) is 0 Å². The van der Waals surface area contributed by atoms with Gasteiger partial charge in [-0.15, -0.1) is 0 Å². The highest BCUT2D eigenvalue weighted by Gasteiger charge is 2.08. The number of nitriles is 1. The molecule has 0 bridgehead atoms. The minimum Gasteiger partial charge on any atom is -0.375 e. The Kier molecular flexibility index (Phi) is 6.37. The average molecular weight is 324 g/mol. The predicted molar refractivity (Wildman–Crippen MR) is 79.9 cm³/mol. The first-order valence-corrected chi connectivity index (χ1v) is 7.09. The van der Waals surface area contributed by atoms with Crippen molar-refractivity contribution in [3.8, 4) is 6.07 Å². The standard InChI is InChI=1S/C14H18BrN3O/c1-3-4-10(2)18-14(19)9-17-13-6-5-12(15)7-11(13)8-16/h5-7,10,17H,3-4,9H2,1-2H3,(H,18,19). The van der Waals surface area contributed by atoms with Crippen LogP contribution >= 0.6 is 15.9 Å². The molecule has 0 aliphatic carbocycles. The molecule has 1 rings (SSSR count). The van der Waals surface area contributed by atoms with Crippen molar-refractivity contribution in [2.45, 2.75) is 32.7 Å². The van der Waals surface area contributed by atoms with Gasteiger partial charge in [0.05, 0.1) is 17.8 Å². The van der Waals surface area contributed by atoms with Gasteiger partial charge in [0.2, 0.25) is 5.91 Å². The Morgan fingerprint density at radius 2 is 2.26 bits per heavy atom. The Morgan fingerprint density at radius 3 is 2.89 bits per heavy atom. The molecule has 0 heterocycles. The van der Waals surface area contributed by atoms with Crippen LogP contribution in [0.4, 0.5) is 5.69 Å². The molecule has 0 aliphatic rings. The van der Waals surface area contributed by atoms with Crippen molar-refractivity contribution >= 4 is 27.5 Å². The minimum absolute atomic E-state index is 0.0623. The van der Waals surface area contributed by atoms with E-state index in [1.165, 1.54) is 0 Å². The van der Waals surface area contributed by atoms with Gasteiger partial charge >= 0.3 is 0 Å². The average Bonchev–Trinajstić information content (AvgIpc) is 2.37. The lowest BCUT2D eigenvalue weighted by atomic mass is 10.2. The second kappa shape index (κ2) is 7.80. The number of anilines is 1. The fourth-order valence-corrected chi connectivity index (χ4v) is 2.13. The lowest BCUT2D eigenvalue weighted by Crippen LogP contribution is -2.36. The summed E-state index contributed by atoms with van der Waals surface area (Å²) in [7, 11) is 0. The molecule has 2 N–H and O–H groups in total. The van der Waals surface area contributed by atoms with Crippen LogP contribution in [0, 0.1) is 11.3 Å². The van der Waals surface area contributed by atoms with Crippen LogP contribution in [0.3, 0.4) is 0 Å².